The van der Waals surface area contributed by atoms with E-state index in [0.717, 1.165) is 50.3 Å². The average molecular weight is 505 g/mol. The number of ether oxygens (including phenoxy) is 2. The third kappa shape index (κ3) is 12.9. The van der Waals surface area contributed by atoms with Crippen molar-refractivity contribution in [3.8, 4) is 0 Å². The number of esters is 2. The SMILES string of the molecule is C[C@@H]1CCCCCCCCC[C@H](OC(=O)CCC(=O)O)C(=O)C[C@@H](SC[C@@H](O)C(=O)O)C(=O)O1. The van der Waals surface area contributed by atoms with Crippen molar-refractivity contribution in [1.29, 1.82) is 0 Å². The van der Waals surface area contributed by atoms with Gasteiger partial charge in [0.2, 0.25) is 0 Å². The van der Waals surface area contributed by atoms with Crippen LogP contribution in [0.1, 0.15) is 84.0 Å². The molecule has 0 radical (unpaired) electrons. The predicted octanol–water partition coefficient (Wildman–Crippen LogP) is 2.73. The molecule has 0 saturated carbocycles. The first-order valence-electron chi connectivity index (χ1n) is 11.8. The minimum atomic E-state index is -1.71. The molecular formula is C23H36O10S. The zero-order valence-electron chi connectivity index (χ0n) is 19.6. The first-order valence-corrected chi connectivity index (χ1v) is 12.8. The van der Waals surface area contributed by atoms with E-state index in [-0.39, 0.29) is 31.1 Å². The van der Waals surface area contributed by atoms with Crippen LogP contribution < -0.4 is 0 Å². The number of ketones is 1. The van der Waals surface area contributed by atoms with Crippen LogP contribution in [0.25, 0.3) is 0 Å². The summed E-state index contributed by atoms with van der Waals surface area (Å²) in [6.07, 6.45) is 2.96. The lowest BCUT2D eigenvalue weighted by Gasteiger charge is -2.22. The highest BCUT2D eigenvalue weighted by atomic mass is 32.2. The number of carbonyl (C=O) groups is 5. The molecule has 0 spiro atoms. The summed E-state index contributed by atoms with van der Waals surface area (Å²) in [6, 6.07) is 0. The molecule has 1 fully saturated rings. The highest BCUT2D eigenvalue weighted by Gasteiger charge is 2.32. The van der Waals surface area contributed by atoms with Gasteiger partial charge in [0.1, 0.15) is 5.25 Å². The molecule has 1 aliphatic heterocycles. The Morgan fingerprint density at radius 2 is 1.59 bits per heavy atom. The van der Waals surface area contributed by atoms with Gasteiger partial charge in [-0.15, -0.1) is 11.8 Å². The van der Waals surface area contributed by atoms with E-state index in [1.807, 2.05) is 0 Å². The van der Waals surface area contributed by atoms with Gasteiger partial charge in [-0.3, -0.25) is 19.2 Å². The maximum atomic E-state index is 13.0. The molecule has 1 rings (SSSR count). The second-order valence-corrected chi connectivity index (χ2v) is 9.75. The van der Waals surface area contributed by atoms with Gasteiger partial charge in [0, 0.05) is 12.2 Å². The number of hydrogen-bond donors (Lipinski definition) is 3. The van der Waals surface area contributed by atoms with Crippen LogP contribution in [0.15, 0.2) is 0 Å². The fourth-order valence-corrected chi connectivity index (χ4v) is 4.52. The van der Waals surface area contributed by atoms with Crippen molar-refractivity contribution in [2.75, 3.05) is 5.75 Å². The molecule has 0 aliphatic carbocycles. The van der Waals surface area contributed by atoms with Gasteiger partial charge in [-0.1, -0.05) is 32.1 Å². The zero-order chi connectivity index (χ0) is 25.5. The summed E-state index contributed by atoms with van der Waals surface area (Å²) >= 11 is 0.806. The standard InChI is InChI=1S/C23H36O10S/c1-15-9-7-5-3-2-4-6-8-10-18(33-21(28)12-11-20(26)27)16(24)13-19(23(31)32-15)34-14-17(25)22(29)30/h15,17-19,25H,2-14H2,1H3,(H,26,27)(H,29,30)/t15-,17-,18+,19-/m1/s1. The Labute approximate surface area is 203 Å². The Bertz CT molecular complexity index is 695. The van der Waals surface area contributed by atoms with Crippen molar-refractivity contribution >= 4 is 41.4 Å². The van der Waals surface area contributed by atoms with Crippen molar-refractivity contribution < 1.29 is 48.8 Å². The van der Waals surface area contributed by atoms with Crippen LogP contribution in [-0.2, 0) is 33.4 Å². The zero-order valence-corrected chi connectivity index (χ0v) is 20.4. The number of cyclic esters (lactones) is 1. The van der Waals surface area contributed by atoms with Crippen LogP contribution in [0.5, 0.6) is 0 Å². The van der Waals surface area contributed by atoms with Crippen molar-refractivity contribution in [2.45, 2.75) is 108 Å². The van der Waals surface area contributed by atoms with Crippen LogP contribution in [0.3, 0.4) is 0 Å². The molecule has 11 heteroatoms. The minimum Gasteiger partial charge on any atom is -0.481 e. The van der Waals surface area contributed by atoms with E-state index in [1.165, 1.54) is 0 Å². The van der Waals surface area contributed by atoms with E-state index in [4.69, 9.17) is 19.7 Å². The summed E-state index contributed by atoms with van der Waals surface area (Å²) < 4.78 is 10.7. The summed E-state index contributed by atoms with van der Waals surface area (Å²) in [6.45, 7) is 1.75. The quantitative estimate of drug-likeness (QED) is 0.416. The fraction of sp³-hybridized carbons (Fsp3) is 0.783. The molecule has 0 aromatic carbocycles. The van der Waals surface area contributed by atoms with Crippen LogP contribution in [-0.4, -0.2) is 74.3 Å². The summed E-state index contributed by atoms with van der Waals surface area (Å²) in [7, 11) is 0. The molecule has 3 N–H and O–H groups in total. The third-order valence-electron chi connectivity index (χ3n) is 5.46. The van der Waals surface area contributed by atoms with Gasteiger partial charge in [0.25, 0.3) is 0 Å². The lowest BCUT2D eigenvalue weighted by Crippen LogP contribution is -2.34. The van der Waals surface area contributed by atoms with Gasteiger partial charge in [-0.25, -0.2) is 4.79 Å². The van der Waals surface area contributed by atoms with E-state index in [1.54, 1.807) is 6.92 Å². The molecular weight excluding hydrogens is 468 g/mol. The fourth-order valence-electron chi connectivity index (χ4n) is 3.49. The van der Waals surface area contributed by atoms with Crippen molar-refractivity contribution in [3.63, 3.8) is 0 Å². The molecule has 0 unspecified atom stereocenters. The lowest BCUT2D eigenvalue weighted by molar-refractivity contribution is -0.157. The molecule has 0 aromatic heterocycles. The lowest BCUT2D eigenvalue weighted by atomic mass is 10.0. The van der Waals surface area contributed by atoms with E-state index < -0.39 is 53.5 Å². The molecule has 1 heterocycles. The summed E-state index contributed by atoms with van der Waals surface area (Å²) in [5.41, 5.74) is 0. The molecule has 4 atom stereocenters. The van der Waals surface area contributed by atoms with Gasteiger partial charge in [-0.05, 0) is 32.6 Å². The second kappa shape index (κ2) is 16.5. The maximum absolute atomic E-state index is 13.0. The Hall–Kier alpha value is -2.14. The van der Waals surface area contributed by atoms with E-state index in [9.17, 15) is 29.1 Å². The van der Waals surface area contributed by atoms with E-state index in [2.05, 4.69) is 0 Å². The number of Topliss-reactive ketones (excluding diaryl/α,β-unsaturated/α-hetero) is 1. The molecule has 0 bridgehead atoms. The summed E-state index contributed by atoms with van der Waals surface area (Å²) in [5.74, 6) is -4.95. The van der Waals surface area contributed by atoms with Crippen LogP contribution in [0.2, 0.25) is 0 Å². The number of carbonyl (C=O) groups excluding carboxylic acids is 3. The predicted molar refractivity (Wildman–Crippen MR) is 123 cm³/mol. The van der Waals surface area contributed by atoms with Gasteiger partial charge < -0.3 is 24.8 Å². The number of carboxylic acids is 2. The van der Waals surface area contributed by atoms with Gasteiger partial charge in [0.05, 0.1) is 18.9 Å². The largest absolute Gasteiger partial charge is 0.481 e. The van der Waals surface area contributed by atoms with Gasteiger partial charge in [0.15, 0.2) is 18.0 Å². The van der Waals surface area contributed by atoms with Gasteiger partial charge >= 0.3 is 23.9 Å². The smallest absolute Gasteiger partial charge is 0.333 e. The number of thioether (sulfide) groups is 1. The number of carboxylic acid groups (broad SMARTS) is 2. The maximum Gasteiger partial charge on any atom is 0.333 e. The molecule has 10 nitrogen and oxygen atoms in total. The topological polar surface area (TPSA) is 164 Å². The molecule has 0 aromatic rings. The molecule has 1 saturated heterocycles. The first kappa shape index (κ1) is 29.9. The number of rotatable bonds is 8. The molecule has 34 heavy (non-hydrogen) atoms. The van der Waals surface area contributed by atoms with Crippen LogP contribution in [0.4, 0.5) is 0 Å². The highest BCUT2D eigenvalue weighted by Crippen LogP contribution is 2.23. The number of aliphatic hydroxyl groups excluding tert-OH is 1. The Balaban J connectivity index is 2.97. The van der Waals surface area contributed by atoms with E-state index >= 15 is 0 Å². The summed E-state index contributed by atoms with van der Waals surface area (Å²) in [5, 5.41) is 26.2. The van der Waals surface area contributed by atoms with E-state index in [0.29, 0.717) is 12.8 Å². The van der Waals surface area contributed by atoms with Crippen molar-refractivity contribution in [1.82, 2.24) is 0 Å². The molecule has 1 aliphatic rings. The normalized spacial score (nSPS) is 24.6. The monoisotopic (exact) mass is 504 g/mol. The Morgan fingerprint density at radius 3 is 2.18 bits per heavy atom. The third-order valence-corrected chi connectivity index (χ3v) is 6.73. The molecule has 194 valence electrons. The minimum absolute atomic E-state index is 0.248. The second-order valence-electron chi connectivity index (χ2n) is 8.52. The number of hydrogen-bond acceptors (Lipinski definition) is 9. The number of aliphatic hydroxyl groups is 1. The van der Waals surface area contributed by atoms with Crippen molar-refractivity contribution in [2.24, 2.45) is 0 Å². The number of aliphatic carboxylic acids is 2. The highest BCUT2D eigenvalue weighted by molar-refractivity contribution is 8.00. The Morgan fingerprint density at radius 1 is 1.00 bits per heavy atom. The van der Waals surface area contributed by atoms with Crippen molar-refractivity contribution in [3.05, 3.63) is 0 Å². The first-order chi connectivity index (χ1) is 16.1. The molecule has 0 amide bonds. The van der Waals surface area contributed by atoms with Gasteiger partial charge in [-0.2, -0.15) is 0 Å². The van der Waals surface area contributed by atoms with Crippen LogP contribution >= 0.6 is 11.8 Å². The Kier molecular flexibility index (Phi) is 14.5. The average Bonchev–Trinajstić information content (AvgIpc) is 2.77. The summed E-state index contributed by atoms with van der Waals surface area (Å²) in [4.78, 5) is 59.5. The van der Waals surface area contributed by atoms with Crippen LogP contribution in [0, 0.1) is 0 Å².